The molecule has 0 bridgehead atoms. The molecule has 0 aromatic rings. The first-order valence-corrected chi connectivity index (χ1v) is 6.49. The quantitative estimate of drug-likeness (QED) is 0.421. The Morgan fingerprint density at radius 1 is 0.889 bits per heavy atom. The van der Waals surface area contributed by atoms with Gasteiger partial charge >= 0.3 is 0 Å². The molecule has 0 heterocycles. The lowest BCUT2D eigenvalue weighted by molar-refractivity contribution is -0.161. The second-order valence-corrected chi connectivity index (χ2v) is 5.61. The molecule has 5 nitrogen and oxygen atoms in total. The van der Waals surface area contributed by atoms with Crippen LogP contribution in [0.5, 0.6) is 0 Å². The average Bonchev–Trinajstić information content (AvgIpc) is 2.42. The van der Waals surface area contributed by atoms with E-state index in [2.05, 4.69) is 0 Å². The summed E-state index contributed by atoms with van der Waals surface area (Å²) in [7, 11) is 0. The Kier molecular flexibility index (Phi) is 6.74. The Morgan fingerprint density at radius 3 is 1.67 bits per heavy atom. The molecule has 0 aromatic carbocycles. The summed E-state index contributed by atoms with van der Waals surface area (Å²) >= 11 is 0. The first kappa shape index (κ1) is 17.8. The summed E-state index contributed by atoms with van der Waals surface area (Å²) in [6, 6.07) is 0. The predicted octanol–water partition coefficient (Wildman–Crippen LogP) is -0.114. The Balaban J connectivity index is 5.16. The minimum Gasteiger partial charge on any atom is -0.396 e. The standard InChI is InChI=1S/C13H28O5/c1-5-12(3,8-15)10(17)11(18)13(4,6-2)9(16)7-14/h9-11,14-18H,5-8H2,1-4H3. The molecule has 5 unspecified atom stereocenters. The number of aliphatic hydroxyl groups excluding tert-OH is 5. The lowest BCUT2D eigenvalue weighted by Gasteiger charge is -2.44. The van der Waals surface area contributed by atoms with Crippen LogP contribution in [0.3, 0.4) is 0 Å². The summed E-state index contributed by atoms with van der Waals surface area (Å²) < 4.78 is 0. The van der Waals surface area contributed by atoms with Crippen LogP contribution in [-0.2, 0) is 0 Å². The van der Waals surface area contributed by atoms with Crippen LogP contribution in [0.4, 0.5) is 0 Å². The summed E-state index contributed by atoms with van der Waals surface area (Å²) in [5, 5.41) is 48.8. The third-order valence-electron chi connectivity index (χ3n) is 4.55. The minimum atomic E-state index is -1.22. The molecule has 0 rings (SSSR count). The highest BCUT2D eigenvalue weighted by Gasteiger charge is 2.47. The maximum absolute atomic E-state index is 10.3. The number of rotatable bonds is 8. The Bertz CT molecular complexity index is 242. The van der Waals surface area contributed by atoms with E-state index >= 15 is 0 Å². The van der Waals surface area contributed by atoms with Crippen LogP contribution < -0.4 is 0 Å². The molecule has 0 saturated carbocycles. The molecule has 110 valence electrons. The van der Waals surface area contributed by atoms with Crippen LogP contribution in [0, 0.1) is 10.8 Å². The van der Waals surface area contributed by atoms with Crippen molar-refractivity contribution in [3.8, 4) is 0 Å². The van der Waals surface area contributed by atoms with E-state index in [9.17, 15) is 20.4 Å². The SMILES string of the molecule is CCC(C)(CO)C(O)C(O)C(C)(CC)C(O)CO. The molecule has 5 atom stereocenters. The fraction of sp³-hybridized carbons (Fsp3) is 1.00. The van der Waals surface area contributed by atoms with Crippen LogP contribution in [0.15, 0.2) is 0 Å². The normalized spacial score (nSPS) is 23.8. The van der Waals surface area contributed by atoms with Gasteiger partial charge in [0.1, 0.15) is 0 Å². The van der Waals surface area contributed by atoms with Gasteiger partial charge in [0.05, 0.1) is 31.5 Å². The van der Waals surface area contributed by atoms with Gasteiger partial charge in [0.25, 0.3) is 0 Å². The van der Waals surface area contributed by atoms with Gasteiger partial charge in [-0.25, -0.2) is 0 Å². The molecule has 0 aliphatic rings. The molecule has 18 heavy (non-hydrogen) atoms. The van der Waals surface area contributed by atoms with E-state index in [0.29, 0.717) is 12.8 Å². The monoisotopic (exact) mass is 264 g/mol. The van der Waals surface area contributed by atoms with Crippen molar-refractivity contribution in [3.05, 3.63) is 0 Å². The van der Waals surface area contributed by atoms with Crippen molar-refractivity contribution in [2.45, 2.75) is 58.8 Å². The van der Waals surface area contributed by atoms with E-state index in [4.69, 9.17) is 5.11 Å². The van der Waals surface area contributed by atoms with Gasteiger partial charge in [-0.3, -0.25) is 0 Å². The summed E-state index contributed by atoms with van der Waals surface area (Å²) in [6.45, 7) is 6.17. The van der Waals surface area contributed by atoms with E-state index in [-0.39, 0.29) is 6.61 Å². The van der Waals surface area contributed by atoms with E-state index < -0.39 is 35.7 Å². The first-order valence-electron chi connectivity index (χ1n) is 6.49. The van der Waals surface area contributed by atoms with Crippen molar-refractivity contribution >= 4 is 0 Å². The molecule has 0 aliphatic heterocycles. The third-order valence-corrected chi connectivity index (χ3v) is 4.55. The molecule has 0 saturated heterocycles. The van der Waals surface area contributed by atoms with Gasteiger partial charge in [0.15, 0.2) is 0 Å². The van der Waals surface area contributed by atoms with Crippen LogP contribution in [0.1, 0.15) is 40.5 Å². The maximum Gasteiger partial charge on any atom is 0.0884 e. The van der Waals surface area contributed by atoms with Gasteiger partial charge in [-0.2, -0.15) is 0 Å². The number of aliphatic hydroxyl groups is 5. The molecule has 0 aliphatic carbocycles. The van der Waals surface area contributed by atoms with Crippen LogP contribution in [0.2, 0.25) is 0 Å². The molecule has 0 radical (unpaired) electrons. The summed E-state index contributed by atoms with van der Waals surface area (Å²) in [4.78, 5) is 0. The summed E-state index contributed by atoms with van der Waals surface area (Å²) in [6.07, 6.45) is -2.61. The third kappa shape index (κ3) is 3.22. The molecule has 0 aromatic heterocycles. The molecular formula is C13H28O5. The van der Waals surface area contributed by atoms with Gasteiger partial charge < -0.3 is 25.5 Å². The van der Waals surface area contributed by atoms with E-state index in [0.717, 1.165) is 0 Å². The predicted molar refractivity (Wildman–Crippen MR) is 69.0 cm³/mol. The summed E-state index contributed by atoms with van der Waals surface area (Å²) in [5.41, 5.74) is -1.84. The fourth-order valence-electron chi connectivity index (χ4n) is 2.01. The largest absolute Gasteiger partial charge is 0.396 e. The molecule has 5 heteroatoms. The van der Waals surface area contributed by atoms with Crippen molar-refractivity contribution in [2.75, 3.05) is 13.2 Å². The minimum absolute atomic E-state index is 0.253. The Labute approximate surface area is 109 Å². The lowest BCUT2D eigenvalue weighted by atomic mass is 9.68. The summed E-state index contributed by atoms with van der Waals surface area (Å²) in [5.74, 6) is 0. The zero-order valence-corrected chi connectivity index (χ0v) is 11.8. The van der Waals surface area contributed by atoms with Crippen molar-refractivity contribution in [1.29, 1.82) is 0 Å². The van der Waals surface area contributed by atoms with Crippen molar-refractivity contribution < 1.29 is 25.5 Å². The van der Waals surface area contributed by atoms with Crippen molar-refractivity contribution in [2.24, 2.45) is 10.8 Å². The zero-order chi connectivity index (χ0) is 14.6. The van der Waals surface area contributed by atoms with E-state index in [1.165, 1.54) is 0 Å². The molecule has 5 N–H and O–H groups in total. The number of hydrogen-bond donors (Lipinski definition) is 5. The maximum atomic E-state index is 10.3. The smallest absolute Gasteiger partial charge is 0.0884 e. The van der Waals surface area contributed by atoms with Gasteiger partial charge in [-0.15, -0.1) is 0 Å². The second-order valence-electron chi connectivity index (χ2n) is 5.61. The van der Waals surface area contributed by atoms with Crippen molar-refractivity contribution in [3.63, 3.8) is 0 Å². The highest BCUT2D eigenvalue weighted by atomic mass is 16.3. The topological polar surface area (TPSA) is 101 Å². The Morgan fingerprint density at radius 2 is 1.39 bits per heavy atom. The molecule has 0 fully saturated rings. The highest BCUT2D eigenvalue weighted by Crippen LogP contribution is 2.38. The number of hydrogen-bond acceptors (Lipinski definition) is 5. The van der Waals surface area contributed by atoms with E-state index in [1.54, 1.807) is 20.8 Å². The zero-order valence-electron chi connectivity index (χ0n) is 11.8. The fourth-order valence-corrected chi connectivity index (χ4v) is 2.01. The average molecular weight is 264 g/mol. The molecular weight excluding hydrogens is 236 g/mol. The van der Waals surface area contributed by atoms with Gasteiger partial charge in [0.2, 0.25) is 0 Å². The van der Waals surface area contributed by atoms with Crippen molar-refractivity contribution in [1.82, 2.24) is 0 Å². The van der Waals surface area contributed by atoms with Crippen LogP contribution in [0.25, 0.3) is 0 Å². The highest BCUT2D eigenvalue weighted by molar-refractivity contribution is 4.96. The van der Waals surface area contributed by atoms with Gasteiger partial charge in [0, 0.05) is 10.8 Å². The first-order chi connectivity index (χ1) is 8.23. The lowest BCUT2D eigenvalue weighted by Crippen LogP contribution is -2.55. The molecule has 0 spiro atoms. The second kappa shape index (κ2) is 6.82. The van der Waals surface area contributed by atoms with Crippen LogP contribution >= 0.6 is 0 Å². The van der Waals surface area contributed by atoms with E-state index in [1.807, 2.05) is 6.92 Å². The van der Waals surface area contributed by atoms with Gasteiger partial charge in [-0.05, 0) is 12.8 Å². The Hall–Kier alpha value is -0.200. The van der Waals surface area contributed by atoms with Gasteiger partial charge in [-0.1, -0.05) is 27.7 Å². The van der Waals surface area contributed by atoms with Crippen LogP contribution in [-0.4, -0.2) is 57.1 Å². The molecule has 0 amide bonds.